The van der Waals surface area contributed by atoms with Crippen LogP contribution in [0, 0.1) is 11.3 Å². The third-order valence-corrected chi connectivity index (χ3v) is 4.38. The molecule has 0 bridgehead atoms. The molecule has 0 radical (unpaired) electrons. The summed E-state index contributed by atoms with van der Waals surface area (Å²) in [7, 11) is 0. The zero-order valence-corrected chi connectivity index (χ0v) is 14.7. The van der Waals surface area contributed by atoms with E-state index >= 15 is 0 Å². The second kappa shape index (κ2) is 9.50. The minimum absolute atomic E-state index is 0.174. The summed E-state index contributed by atoms with van der Waals surface area (Å²) in [5.74, 6) is 1.13. The molecule has 0 unspecified atom stereocenters. The van der Waals surface area contributed by atoms with Crippen molar-refractivity contribution in [3.63, 3.8) is 0 Å². The summed E-state index contributed by atoms with van der Waals surface area (Å²) in [4.78, 5) is 23.2. The van der Waals surface area contributed by atoms with Crippen molar-refractivity contribution in [3.05, 3.63) is 65.2 Å². The molecule has 2 aromatic carbocycles. The Kier molecular flexibility index (Phi) is 7.05. The maximum atomic E-state index is 12.1. The number of amides is 2. The Balaban J connectivity index is 1.77. The average Bonchev–Trinajstić information content (AvgIpc) is 2.61. The molecular weight excluding hydrogens is 334 g/mol. The van der Waals surface area contributed by atoms with E-state index in [1.807, 2.05) is 18.2 Å². The molecule has 25 heavy (non-hydrogen) atoms. The highest BCUT2D eigenvalue weighted by molar-refractivity contribution is 7.98. The largest absolute Gasteiger partial charge is 0.351 e. The van der Waals surface area contributed by atoms with Crippen molar-refractivity contribution in [1.29, 1.82) is 5.26 Å². The number of carbonyl (C=O) groups is 2. The summed E-state index contributed by atoms with van der Waals surface area (Å²) in [6, 6.07) is 16.5. The Bertz CT molecular complexity index is 799. The van der Waals surface area contributed by atoms with Crippen molar-refractivity contribution in [3.8, 4) is 6.07 Å². The van der Waals surface area contributed by atoms with E-state index in [1.54, 1.807) is 42.1 Å². The van der Waals surface area contributed by atoms with Gasteiger partial charge in [0.15, 0.2) is 0 Å². The molecule has 6 heteroatoms. The number of rotatable bonds is 7. The molecule has 0 atom stereocenters. The van der Waals surface area contributed by atoms with Crippen LogP contribution in [0.4, 0.5) is 5.69 Å². The first kappa shape index (κ1) is 18.6. The van der Waals surface area contributed by atoms with Gasteiger partial charge in [0.1, 0.15) is 0 Å². The van der Waals surface area contributed by atoms with Gasteiger partial charge in [-0.3, -0.25) is 9.59 Å². The Morgan fingerprint density at radius 1 is 1.16 bits per heavy atom. The minimum Gasteiger partial charge on any atom is -0.351 e. The van der Waals surface area contributed by atoms with Gasteiger partial charge in [-0.25, -0.2) is 0 Å². The summed E-state index contributed by atoms with van der Waals surface area (Å²) in [5.41, 5.74) is 2.80. The quantitative estimate of drug-likeness (QED) is 0.749. The molecule has 2 amide bonds. The van der Waals surface area contributed by atoms with Crippen LogP contribution in [0.15, 0.2) is 48.5 Å². The van der Waals surface area contributed by atoms with Gasteiger partial charge in [0.25, 0.3) is 5.91 Å². The summed E-state index contributed by atoms with van der Waals surface area (Å²) in [6.45, 7) is 1.96. The maximum Gasteiger partial charge on any atom is 0.251 e. The number of benzene rings is 2. The first-order chi connectivity index (χ1) is 12.1. The van der Waals surface area contributed by atoms with Crippen molar-refractivity contribution < 1.29 is 9.59 Å². The standard InChI is InChI=1S/C19H19N3O2S/c1-14(23)22-18-8-4-7-15(11-18)19(24)21-9-10-25-13-17-6-3-2-5-16(17)12-20/h2-8,11H,9-10,13H2,1H3,(H,21,24)(H,22,23). The number of nitrogens with zero attached hydrogens (tertiary/aromatic N) is 1. The third-order valence-electron chi connectivity index (χ3n) is 3.37. The lowest BCUT2D eigenvalue weighted by atomic mass is 10.1. The van der Waals surface area contributed by atoms with Gasteiger partial charge in [-0.2, -0.15) is 17.0 Å². The molecule has 0 fully saturated rings. The predicted octanol–water partition coefficient (Wildman–Crippen LogP) is 3.18. The summed E-state index contributed by atoms with van der Waals surface area (Å²) >= 11 is 1.66. The number of anilines is 1. The van der Waals surface area contributed by atoms with Crippen molar-refractivity contribution in [2.75, 3.05) is 17.6 Å². The molecule has 5 nitrogen and oxygen atoms in total. The van der Waals surface area contributed by atoms with Gasteiger partial charge < -0.3 is 10.6 Å². The zero-order valence-electron chi connectivity index (χ0n) is 13.9. The summed E-state index contributed by atoms with van der Waals surface area (Å²) in [6.07, 6.45) is 0. The molecule has 0 aliphatic heterocycles. The van der Waals surface area contributed by atoms with Crippen LogP contribution in [0.3, 0.4) is 0 Å². The number of hydrogen-bond acceptors (Lipinski definition) is 4. The number of hydrogen-bond donors (Lipinski definition) is 2. The van der Waals surface area contributed by atoms with E-state index in [2.05, 4.69) is 16.7 Å². The topological polar surface area (TPSA) is 82.0 Å². The van der Waals surface area contributed by atoms with E-state index in [0.717, 1.165) is 17.1 Å². The van der Waals surface area contributed by atoms with Crippen LogP contribution in [0.5, 0.6) is 0 Å². The molecule has 2 rings (SSSR count). The van der Waals surface area contributed by atoms with Gasteiger partial charge in [0.2, 0.25) is 5.91 Å². The van der Waals surface area contributed by atoms with Crippen LogP contribution < -0.4 is 10.6 Å². The molecule has 0 heterocycles. The first-order valence-electron chi connectivity index (χ1n) is 7.82. The molecule has 0 aliphatic carbocycles. The van der Waals surface area contributed by atoms with E-state index in [-0.39, 0.29) is 11.8 Å². The monoisotopic (exact) mass is 353 g/mol. The van der Waals surface area contributed by atoms with Crippen molar-refractivity contribution in [1.82, 2.24) is 5.32 Å². The van der Waals surface area contributed by atoms with Crippen LogP contribution >= 0.6 is 11.8 Å². The van der Waals surface area contributed by atoms with Gasteiger partial charge in [-0.05, 0) is 29.8 Å². The second-order valence-electron chi connectivity index (χ2n) is 5.34. The van der Waals surface area contributed by atoms with Crippen LogP contribution in [0.1, 0.15) is 28.4 Å². The Morgan fingerprint density at radius 3 is 2.72 bits per heavy atom. The minimum atomic E-state index is -0.176. The highest BCUT2D eigenvalue weighted by atomic mass is 32.2. The number of nitriles is 1. The van der Waals surface area contributed by atoms with Gasteiger partial charge >= 0.3 is 0 Å². The molecule has 0 aliphatic rings. The van der Waals surface area contributed by atoms with Gasteiger partial charge in [-0.1, -0.05) is 24.3 Å². The molecule has 128 valence electrons. The van der Waals surface area contributed by atoms with Gasteiger partial charge in [0, 0.05) is 36.2 Å². The SMILES string of the molecule is CC(=O)Nc1cccc(C(=O)NCCSCc2ccccc2C#N)c1. The summed E-state index contributed by atoms with van der Waals surface area (Å²) < 4.78 is 0. The highest BCUT2D eigenvalue weighted by Gasteiger charge is 2.06. The lowest BCUT2D eigenvalue weighted by molar-refractivity contribution is -0.114. The van der Waals surface area contributed by atoms with E-state index in [0.29, 0.717) is 23.4 Å². The van der Waals surface area contributed by atoms with Crippen LogP contribution in [0.2, 0.25) is 0 Å². The first-order valence-corrected chi connectivity index (χ1v) is 8.97. The van der Waals surface area contributed by atoms with Crippen LogP contribution in [-0.4, -0.2) is 24.1 Å². The predicted molar refractivity (Wildman–Crippen MR) is 100 cm³/mol. The van der Waals surface area contributed by atoms with Gasteiger partial charge in [0.05, 0.1) is 11.6 Å². The van der Waals surface area contributed by atoms with Gasteiger partial charge in [-0.15, -0.1) is 0 Å². The van der Waals surface area contributed by atoms with E-state index < -0.39 is 0 Å². The lowest BCUT2D eigenvalue weighted by Crippen LogP contribution is -2.25. The third kappa shape index (κ3) is 5.98. The molecule has 2 aromatic rings. The molecule has 0 saturated heterocycles. The molecule has 0 aromatic heterocycles. The fourth-order valence-corrected chi connectivity index (χ4v) is 3.08. The Hall–Kier alpha value is -2.78. The molecular formula is C19H19N3O2S. The van der Waals surface area contributed by atoms with Crippen molar-refractivity contribution in [2.45, 2.75) is 12.7 Å². The lowest BCUT2D eigenvalue weighted by Gasteiger charge is -2.08. The molecule has 0 spiro atoms. The second-order valence-corrected chi connectivity index (χ2v) is 6.44. The Morgan fingerprint density at radius 2 is 1.96 bits per heavy atom. The molecule has 0 saturated carbocycles. The number of thioether (sulfide) groups is 1. The molecule has 2 N–H and O–H groups in total. The fourth-order valence-electron chi connectivity index (χ4n) is 2.22. The zero-order chi connectivity index (χ0) is 18.1. The number of carbonyl (C=O) groups excluding carboxylic acids is 2. The average molecular weight is 353 g/mol. The van der Waals surface area contributed by atoms with E-state index in [1.165, 1.54) is 6.92 Å². The summed E-state index contributed by atoms with van der Waals surface area (Å²) in [5, 5.41) is 14.6. The smallest absolute Gasteiger partial charge is 0.251 e. The van der Waals surface area contributed by atoms with E-state index in [4.69, 9.17) is 5.26 Å². The van der Waals surface area contributed by atoms with Crippen LogP contribution in [-0.2, 0) is 10.5 Å². The number of nitrogens with one attached hydrogen (secondary N) is 2. The normalized spacial score (nSPS) is 9.92. The van der Waals surface area contributed by atoms with E-state index in [9.17, 15) is 9.59 Å². The fraction of sp³-hybridized carbons (Fsp3) is 0.211. The van der Waals surface area contributed by atoms with Crippen LogP contribution in [0.25, 0.3) is 0 Å². The Labute approximate surface area is 151 Å². The highest BCUT2D eigenvalue weighted by Crippen LogP contribution is 2.15. The maximum absolute atomic E-state index is 12.1. The van der Waals surface area contributed by atoms with Crippen molar-refractivity contribution in [2.24, 2.45) is 0 Å². The van der Waals surface area contributed by atoms with Crippen molar-refractivity contribution >= 4 is 29.3 Å².